The molecule has 0 bridgehead atoms. The number of nitrogens with one attached hydrogen (secondary N) is 1. The van der Waals surface area contributed by atoms with Crippen LogP contribution < -0.4 is 5.32 Å². The van der Waals surface area contributed by atoms with Crippen LogP contribution in [0.4, 0.5) is 13.2 Å². The van der Waals surface area contributed by atoms with Gasteiger partial charge in [-0.05, 0) is 24.1 Å². The number of guanidine groups is 1. The molecule has 0 aliphatic carbocycles. The molecule has 0 atom stereocenters. The van der Waals surface area contributed by atoms with Crippen LogP contribution in [0.2, 0.25) is 0 Å². The molecule has 1 N–H and O–H groups in total. The van der Waals surface area contributed by atoms with E-state index in [2.05, 4.69) is 10.3 Å². The zero-order valence-electron chi connectivity index (χ0n) is 15.1. The summed E-state index contributed by atoms with van der Waals surface area (Å²) < 4.78 is 39.8. The van der Waals surface area contributed by atoms with Gasteiger partial charge in [-0.2, -0.15) is 0 Å². The molecule has 5 nitrogen and oxygen atoms in total. The Morgan fingerprint density at radius 3 is 2.28 bits per heavy atom. The summed E-state index contributed by atoms with van der Waals surface area (Å²) in [6.07, 6.45) is 1.89. The summed E-state index contributed by atoms with van der Waals surface area (Å²) in [5.74, 6) is -3.68. The van der Waals surface area contributed by atoms with Crippen LogP contribution in [0, 0.1) is 17.5 Å². The Bertz CT molecular complexity index is 597. The van der Waals surface area contributed by atoms with Gasteiger partial charge in [0.15, 0.2) is 23.4 Å². The summed E-state index contributed by atoms with van der Waals surface area (Å²) in [6, 6.07) is 1.90. The van der Waals surface area contributed by atoms with Gasteiger partial charge in [-0.3, -0.25) is 4.79 Å². The van der Waals surface area contributed by atoms with E-state index in [0.717, 1.165) is 25.0 Å². The van der Waals surface area contributed by atoms with E-state index in [-0.39, 0.29) is 24.6 Å². The molecule has 1 amide bonds. The molecule has 0 fully saturated rings. The monoisotopic (exact) mass is 358 g/mol. The molecule has 0 spiro atoms. The maximum absolute atomic E-state index is 13.4. The molecule has 25 heavy (non-hydrogen) atoms. The molecule has 1 rings (SSSR count). The number of unbranched alkanes of at least 4 members (excludes halogenated alkanes) is 1. The first kappa shape index (κ1) is 20.8. The van der Waals surface area contributed by atoms with Gasteiger partial charge in [0.05, 0.1) is 0 Å². The highest BCUT2D eigenvalue weighted by Crippen LogP contribution is 2.14. The van der Waals surface area contributed by atoms with Crippen molar-refractivity contribution in [2.75, 3.05) is 34.2 Å². The molecular formula is C17H25F3N4O. The van der Waals surface area contributed by atoms with E-state index >= 15 is 0 Å². The van der Waals surface area contributed by atoms with E-state index in [9.17, 15) is 18.0 Å². The largest absolute Gasteiger partial charge is 0.356 e. The lowest BCUT2D eigenvalue weighted by atomic mass is 10.2. The number of amides is 1. The fourth-order valence-corrected chi connectivity index (χ4v) is 2.02. The van der Waals surface area contributed by atoms with Gasteiger partial charge in [-0.1, -0.05) is 13.3 Å². The van der Waals surface area contributed by atoms with Crippen molar-refractivity contribution >= 4 is 11.9 Å². The molecule has 0 aromatic heterocycles. The molecule has 0 saturated heterocycles. The second kappa shape index (κ2) is 9.90. The normalized spacial score (nSPS) is 11.4. The third-order valence-electron chi connectivity index (χ3n) is 3.50. The number of hydrogen-bond donors (Lipinski definition) is 1. The fraction of sp³-hybridized carbons (Fsp3) is 0.529. The van der Waals surface area contributed by atoms with E-state index in [1.807, 2.05) is 6.92 Å². The highest BCUT2D eigenvalue weighted by molar-refractivity contribution is 5.84. The van der Waals surface area contributed by atoms with Crippen molar-refractivity contribution in [1.82, 2.24) is 15.1 Å². The lowest BCUT2D eigenvalue weighted by Gasteiger charge is -2.23. The number of halogens is 3. The quantitative estimate of drug-likeness (QED) is 0.352. The van der Waals surface area contributed by atoms with Crippen molar-refractivity contribution < 1.29 is 18.0 Å². The highest BCUT2D eigenvalue weighted by Gasteiger charge is 2.14. The minimum atomic E-state index is -1.49. The summed E-state index contributed by atoms with van der Waals surface area (Å²) in [5.41, 5.74) is 0.267. The van der Waals surface area contributed by atoms with E-state index in [1.54, 1.807) is 26.0 Å². The number of rotatable bonds is 7. The molecule has 0 aliphatic heterocycles. The van der Waals surface area contributed by atoms with Crippen LogP contribution in [0.1, 0.15) is 25.3 Å². The zero-order valence-corrected chi connectivity index (χ0v) is 15.1. The number of carbonyl (C=O) groups excluding carboxylic acids is 1. The molecule has 0 saturated carbocycles. The lowest BCUT2D eigenvalue weighted by molar-refractivity contribution is -0.127. The van der Waals surface area contributed by atoms with Crippen molar-refractivity contribution in [3.63, 3.8) is 0 Å². The SMILES string of the molecule is CCCCNC(=NCC(=O)N(C)C)N(C)Cc1cc(F)c(F)c(F)c1. The predicted molar refractivity (Wildman–Crippen MR) is 91.7 cm³/mol. The molecule has 0 heterocycles. The third-order valence-corrected chi connectivity index (χ3v) is 3.50. The number of carbonyl (C=O) groups is 1. The number of likely N-dealkylation sites (N-methyl/N-ethyl adjacent to an activating group) is 1. The second-order valence-corrected chi connectivity index (χ2v) is 5.94. The number of nitrogens with zero attached hydrogens (tertiary/aromatic N) is 3. The molecule has 0 aliphatic rings. The van der Waals surface area contributed by atoms with Gasteiger partial charge in [-0.25, -0.2) is 18.2 Å². The number of hydrogen-bond acceptors (Lipinski definition) is 2. The topological polar surface area (TPSA) is 47.9 Å². The Balaban J connectivity index is 2.88. The summed E-state index contributed by atoms with van der Waals surface area (Å²) in [5, 5.41) is 3.12. The van der Waals surface area contributed by atoms with Crippen molar-refractivity contribution in [3.05, 3.63) is 35.1 Å². The Morgan fingerprint density at radius 1 is 1.16 bits per heavy atom. The van der Waals surface area contributed by atoms with E-state index in [0.29, 0.717) is 12.5 Å². The Kier molecular flexibility index (Phi) is 8.24. The van der Waals surface area contributed by atoms with Crippen molar-refractivity contribution in [2.45, 2.75) is 26.3 Å². The first-order valence-corrected chi connectivity index (χ1v) is 8.09. The summed E-state index contributed by atoms with van der Waals surface area (Å²) >= 11 is 0. The minimum Gasteiger partial charge on any atom is -0.356 e. The molecule has 1 aromatic rings. The van der Waals surface area contributed by atoms with Crippen LogP contribution in [-0.4, -0.2) is 55.9 Å². The molecule has 140 valence electrons. The fourth-order valence-electron chi connectivity index (χ4n) is 2.02. The molecule has 8 heteroatoms. The first-order chi connectivity index (χ1) is 11.8. The first-order valence-electron chi connectivity index (χ1n) is 8.09. The smallest absolute Gasteiger partial charge is 0.243 e. The van der Waals surface area contributed by atoms with Crippen molar-refractivity contribution in [3.8, 4) is 0 Å². The van der Waals surface area contributed by atoms with Gasteiger partial charge < -0.3 is 15.1 Å². The zero-order chi connectivity index (χ0) is 19.0. The van der Waals surface area contributed by atoms with Gasteiger partial charge in [0, 0.05) is 34.2 Å². The average Bonchev–Trinajstić information content (AvgIpc) is 2.55. The van der Waals surface area contributed by atoms with Crippen LogP contribution in [-0.2, 0) is 11.3 Å². The highest BCUT2D eigenvalue weighted by atomic mass is 19.2. The van der Waals surface area contributed by atoms with Crippen molar-refractivity contribution in [2.24, 2.45) is 4.99 Å². The number of benzene rings is 1. The van der Waals surface area contributed by atoms with Crippen LogP contribution in [0.3, 0.4) is 0 Å². The van der Waals surface area contributed by atoms with Crippen LogP contribution in [0.5, 0.6) is 0 Å². The average molecular weight is 358 g/mol. The van der Waals surface area contributed by atoms with Gasteiger partial charge in [0.2, 0.25) is 5.91 Å². The summed E-state index contributed by atoms with van der Waals surface area (Å²) in [7, 11) is 4.95. The lowest BCUT2D eigenvalue weighted by Crippen LogP contribution is -2.40. The molecule has 0 unspecified atom stereocenters. The Hall–Kier alpha value is -2.25. The van der Waals surface area contributed by atoms with E-state index < -0.39 is 17.5 Å². The number of aliphatic imine (C=N–C) groups is 1. The summed E-state index contributed by atoms with van der Waals surface area (Å²) in [4.78, 5) is 19.0. The summed E-state index contributed by atoms with van der Waals surface area (Å²) in [6.45, 7) is 2.77. The Labute approximate surface area is 146 Å². The molecule has 1 aromatic carbocycles. The van der Waals surface area contributed by atoms with Crippen LogP contribution in [0.15, 0.2) is 17.1 Å². The third kappa shape index (κ3) is 6.64. The maximum atomic E-state index is 13.4. The van der Waals surface area contributed by atoms with Gasteiger partial charge in [0.1, 0.15) is 6.54 Å². The van der Waals surface area contributed by atoms with Crippen LogP contribution in [0.25, 0.3) is 0 Å². The predicted octanol–water partition coefficient (Wildman–Crippen LogP) is 2.37. The van der Waals surface area contributed by atoms with Gasteiger partial charge in [0.25, 0.3) is 0 Å². The van der Waals surface area contributed by atoms with E-state index in [1.165, 1.54) is 4.90 Å². The second-order valence-electron chi connectivity index (χ2n) is 5.94. The van der Waals surface area contributed by atoms with Gasteiger partial charge >= 0.3 is 0 Å². The Morgan fingerprint density at radius 2 is 1.76 bits per heavy atom. The molecule has 0 radical (unpaired) electrons. The van der Waals surface area contributed by atoms with E-state index in [4.69, 9.17) is 0 Å². The van der Waals surface area contributed by atoms with Crippen LogP contribution >= 0.6 is 0 Å². The standard InChI is InChI=1S/C17H25F3N4O/c1-5-6-7-21-17(22-10-15(25)23(2)3)24(4)11-12-8-13(18)16(20)14(19)9-12/h8-9H,5-7,10-11H2,1-4H3,(H,21,22). The maximum Gasteiger partial charge on any atom is 0.243 e. The minimum absolute atomic E-state index is 0.0437. The van der Waals surface area contributed by atoms with Crippen molar-refractivity contribution in [1.29, 1.82) is 0 Å². The van der Waals surface area contributed by atoms with Gasteiger partial charge in [-0.15, -0.1) is 0 Å². The molecular weight excluding hydrogens is 333 g/mol.